The van der Waals surface area contributed by atoms with Crippen LogP contribution in [0.3, 0.4) is 0 Å². The Balaban J connectivity index is 1.51. The number of amides is 2. The van der Waals surface area contributed by atoms with Crippen LogP contribution >= 0.6 is 0 Å². The lowest BCUT2D eigenvalue weighted by atomic mass is 10.0. The van der Waals surface area contributed by atoms with Crippen LogP contribution in [-0.2, 0) is 19.1 Å². The molecule has 2 amide bonds. The van der Waals surface area contributed by atoms with Crippen LogP contribution in [0, 0.1) is 5.82 Å². The van der Waals surface area contributed by atoms with Gasteiger partial charge in [0.2, 0.25) is 0 Å². The third-order valence-electron chi connectivity index (χ3n) is 5.83. The molecule has 8 nitrogen and oxygen atoms in total. The molecule has 3 aromatic carbocycles. The second-order valence-electron chi connectivity index (χ2n) is 8.21. The number of nitrogens with one attached hydrogen (secondary N) is 1. The van der Waals surface area contributed by atoms with Gasteiger partial charge in [-0.05, 0) is 55.0 Å². The van der Waals surface area contributed by atoms with Crippen LogP contribution < -0.4 is 19.7 Å². The van der Waals surface area contributed by atoms with Crippen LogP contribution in [0.4, 0.5) is 15.8 Å². The van der Waals surface area contributed by atoms with E-state index in [1.54, 1.807) is 61.5 Å². The van der Waals surface area contributed by atoms with Crippen molar-refractivity contribution in [1.82, 2.24) is 0 Å². The van der Waals surface area contributed by atoms with Gasteiger partial charge in [-0.25, -0.2) is 9.18 Å². The second-order valence-corrected chi connectivity index (χ2v) is 8.21. The summed E-state index contributed by atoms with van der Waals surface area (Å²) in [6.45, 7) is 1.33. The van der Waals surface area contributed by atoms with Crippen molar-refractivity contribution in [2.45, 2.75) is 6.92 Å². The number of carbonyl (C=O) groups excluding carboxylic acids is 3. The van der Waals surface area contributed by atoms with Crippen molar-refractivity contribution in [2.75, 3.05) is 31.0 Å². The third-order valence-corrected chi connectivity index (χ3v) is 5.83. The van der Waals surface area contributed by atoms with Gasteiger partial charge in [0, 0.05) is 5.70 Å². The zero-order chi connectivity index (χ0) is 27.2. The summed E-state index contributed by atoms with van der Waals surface area (Å²) in [5.74, 6) is -1.27. The summed E-state index contributed by atoms with van der Waals surface area (Å²) in [7, 11) is 2.73. The number of allylic oxidation sites excluding steroid dienone is 1. The van der Waals surface area contributed by atoms with Gasteiger partial charge in [-0.3, -0.25) is 14.5 Å². The normalized spacial score (nSPS) is 14.1. The third kappa shape index (κ3) is 5.41. The standard InChI is InChI=1S/C29H25FN2O6/c1-18-27(29(35)37-3)21(28(34)32(18)24-10-6-4-8-22(24)30)16-19-12-14-20(15-13-19)38-17-26(33)31-23-9-5-7-11-25(23)36-2/h4-16H,17H2,1-3H3,(H,31,33)/b21-16-. The summed E-state index contributed by atoms with van der Waals surface area (Å²) in [6, 6.07) is 19.4. The zero-order valence-electron chi connectivity index (χ0n) is 21.0. The number of para-hydroxylation sites is 3. The number of hydrogen-bond donors (Lipinski definition) is 1. The topological polar surface area (TPSA) is 94.2 Å². The van der Waals surface area contributed by atoms with Gasteiger partial charge < -0.3 is 19.5 Å². The molecule has 0 fully saturated rings. The zero-order valence-corrected chi connectivity index (χ0v) is 21.0. The van der Waals surface area contributed by atoms with E-state index in [2.05, 4.69) is 5.32 Å². The summed E-state index contributed by atoms with van der Waals surface area (Å²) in [5.41, 5.74) is 1.54. The first-order valence-electron chi connectivity index (χ1n) is 11.6. The summed E-state index contributed by atoms with van der Waals surface area (Å²) < 4.78 is 30.2. The molecule has 0 spiro atoms. The Bertz CT molecular complexity index is 1450. The van der Waals surface area contributed by atoms with Gasteiger partial charge in [-0.1, -0.05) is 36.4 Å². The Kier molecular flexibility index (Phi) is 7.86. The van der Waals surface area contributed by atoms with E-state index >= 15 is 0 Å². The summed E-state index contributed by atoms with van der Waals surface area (Å²) in [5, 5.41) is 2.73. The molecule has 0 radical (unpaired) electrons. The van der Waals surface area contributed by atoms with Crippen molar-refractivity contribution in [2.24, 2.45) is 0 Å². The van der Waals surface area contributed by atoms with E-state index < -0.39 is 17.7 Å². The van der Waals surface area contributed by atoms with E-state index in [1.807, 2.05) is 0 Å². The van der Waals surface area contributed by atoms with Crippen molar-refractivity contribution < 1.29 is 33.0 Å². The number of anilines is 2. The molecule has 9 heteroatoms. The Hall–Kier alpha value is -4.92. The SMILES string of the molecule is COC(=O)C1=C(C)N(c2ccccc2F)C(=O)/C1=C\c1ccc(OCC(=O)Nc2ccccc2OC)cc1. The summed E-state index contributed by atoms with van der Waals surface area (Å²) in [6.07, 6.45) is 1.52. The number of hydrogen-bond acceptors (Lipinski definition) is 6. The minimum atomic E-state index is -0.707. The molecule has 3 aromatic rings. The first-order chi connectivity index (χ1) is 18.3. The predicted octanol–water partition coefficient (Wildman–Crippen LogP) is 4.73. The largest absolute Gasteiger partial charge is 0.495 e. The molecule has 0 aromatic heterocycles. The lowest BCUT2D eigenvalue weighted by Gasteiger charge is -2.18. The number of rotatable bonds is 8. The fourth-order valence-corrected chi connectivity index (χ4v) is 4.01. The van der Waals surface area contributed by atoms with Crippen LogP contribution in [0.2, 0.25) is 0 Å². The molecule has 1 aliphatic rings. The quantitative estimate of drug-likeness (QED) is 0.344. The number of carbonyl (C=O) groups is 3. The van der Waals surface area contributed by atoms with Crippen molar-refractivity contribution in [1.29, 1.82) is 0 Å². The summed E-state index contributed by atoms with van der Waals surface area (Å²) >= 11 is 0. The van der Waals surface area contributed by atoms with E-state index in [9.17, 15) is 18.8 Å². The van der Waals surface area contributed by atoms with Crippen LogP contribution in [0.5, 0.6) is 11.5 Å². The molecule has 1 heterocycles. The monoisotopic (exact) mass is 516 g/mol. The molecule has 0 saturated heterocycles. The molecule has 0 atom stereocenters. The van der Waals surface area contributed by atoms with E-state index in [1.165, 1.54) is 38.5 Å². The first kappa shape index (κ1) is 26.2. The van der Waals surface area contributed by atoms with Crippen molar-refractivity contribution >= 4 is 35.2 Å². The lowest BCUT2D eigenvalue weighted by Crippen LogP contribution is -2.25. The van der Waals surface area contributed by atoms with Crippen molar-refractivity contribution in [3.05, 3.63) is 101 Å². The molecular weight excluding hydrogens is 491 g/mol. The van der Waals surface area contributed by atoms with E-state index in [0.717, 1.165) is 4.90 Å². The molecular formula is C29H25FN2O6. The molecule has 0 bridgehead atoms. The Morgan fingerprint density at radius 2 is 1.66 bits per heavy atom. The summed E-state index contributed by atoms with van der Waals surface area (Å²) in [4.78, 5) is 39.3. The predicted molar refractivity (Wildman–Crippen MR) is 140 cm³/mol. The highest BCUT2D eigenvalue weighted by molar-refractivity contribution is 6.23. The first-order valence-corrected chi connectivity index (χ1v) is 11.6. The average Bonchev–Trinajstić information content (AvgIpc) is 3.17. The van der Waals surface area contributed by atoms with Gasteiger partial charge in [-0.2, -0.15) is 0 Å². The van der Waals surface area contributed by atoms with Crippen molar-refractivity contribution in [3.8, 4) is 11.5 Å². The highest BCUT2D eigenvalue weighted by atomic mass is 19.1. The molecule has 0 aliphatic carbocycles. The van der Waals surface area contributed by atoms with E-state index in [4.69, 9.17) is 14.2 Å². The Morgan fingerprint density at radius 1 is 0.974 bits per heavy atom. The Morgan fingerprint density at radius 3 is 2.34 bits per heavy atom. The van der Waals surface area contributed by atoms with Crippen LogP contribution in [0.1, 0.15) is 12.5 Å². The molecule has 1 N–H and O–H groups in total. The number of esters is 1. The second kappa shape index (κ2) is 11.4. The fourth-order valence-electron chi connectivity index (χ4n) is 4.01. The molecule has 0 saturated carbocycles. The van der Waals surface area contributed by atoms with E-state index in [0.29, 0.717) is 22.7 Å². The molecule has 4 rings (SSSR count). The number of methoxy groups -OCH3 is 2. The maximum Gasteiger partial charge on any atom is 0.340 e. The Labute approximate surface area is 218 Å². The highest BCUT2D eigenvalue weighted by Gasteiger charge is 2.38. The maximum atomic E-state index is 14.5. The number of benzene rings is 3. The van der Waals surface area contributed by atoms with E-state index in [-0.39, 0.29) is 35.0 Å². The fraction of sp³-hybridized carbons (Fsp3) is 0.138. The van der Waals surface area contributed by atoms with Gasteiger partial charge in [-0.15, -0.1) is 0 Å². The van der Waals surface area contributed by atoms with Crippen LogP contribution in [-0.4, -0.2) is 38.6 Å². The number of nitrogens with zero attached hydrogens (tertiary/aromatic N) is 1. The highest BCUT2D eigenvalue weighted by Crippen LogP contribution is 2.36. The van der Waals surface area contributed by atoms with Gasteiger partial charge in [0.15, 0.2) is 6.61 Å². The van der Waals surface area contributed by atoms with Gasteiger partial charge >= 0.3 is 5.97 Å². The van der Waals surface area contributed by atoms with Crippen LogP contribution in [0.15, 0.2) is 89.6 Å². The number of halogens is 1. The van der Waals surface area contributed by atoms with Crippen LogP contribution in [0.25, 0.3) is 6.08 Å². The minimum absolute atomic E-state index is 0.0370. The van der Waals surface area contributed by atoms with Gasteiger partial charge in [0.05, 0.1) is 36.7 Å². The van der Waals surface area contributed by atoms with Gasteiger partial charge in [0.1, 0.15) is 17.3 Å². The average molecular weight is 517 g/mol. The molecule has 194 valence electrons. The molecule has 1 aliphatic heterocycles. The maximum absolute atomic E-state index is 14.5. The van der Waals surface area contributed by atoms with Crippen molar-refractivity contribution in [3.63, 3.8) is 0 Å². The number of ether oxygens (including phenoxy) is 3. The molecule has 38 heavy (non-hydrogen) atoms. The lowest BCUT2D eigenvalue weighted by molar-refractivity contribution is -0.136. The molecule has 0 unspecified atom stereocenters. The minimum Gasteiger partial charge on any atom is -0.495 e. The smallest absolute Gasteiger partial charge is 0.340 e. The van der Waals surface area contributed by atoms with Gasteiger partial charge in [0.25, 0.3) is 11.8 Å².